The first-order valence-electron chi connectivity index (χ1n) is 10.4. The molecule has 1 saturated heterocycles. The topological polar surface area (TPSA) is 79.8 Å². The second-order valence-corrected chi connectivity index (χ2v) is 10.4. The summed E-state index contributed by atoms with van der Waals surface area (Å²) in [7, 11) is -2.08. The van der Waals surface area contributed by atoms with E-state index in [0.717, 1.165) is 11.4 Å². The van der Waals surface area contributed by atoms with Crippen molar-refractivity contribution in [1.82, 2.24) is 9.29 Å². The number of nitrogens with zero attached hydrogens (tertiary/aromatic N) is 3. The lowest BCUT2D eigenvalue weighted by molar-refractivity contribution is -0.122. The molecule has 2 aromatic carbocycles. The van der Waals surface area contributed by atoms with Crippen LogP contribution in [0.25, 0.3) is 0 Å². The second kappa shape index (κ2) is 9.40. The summed E-state index contributed by atoms with van der Waals surface area (Å²) in [6.45, 7) is 2.49. The van der Waals surface area contributed by atoms with Gasteiger partial charge in [0.05, 0.1) is 23.4 Å². The summed E-state index contributed by atoms with van der Waals surface area (Å²) in [6.07, 6.45) is 0.920. The van der Waals surface area contributed by atoms with E-state index in [2.05, 4.69) is 4.98 Å². The van der Waals surface area contributed by atoms with Crippen molar-refractivity contribution in [2.45, 2.75) is 24.7 Å². The Hall–Kier alpha value is -2.75. The molecule has 9 heteroatoms. The number of thiazole rings is 1. The molecular formula is C23H25N3O4S2. The zero-order valence-corrected chi connectivity index (χ0v) is 19.6. The number of hydrogen-bond acceptors (Lipinski definition) is 6. The largest absolute Gasteiger partial charge is 0.497 e. The van der Waals surface area contributed by atoms with Gasteiger partial charge in [0.1, 0.15) is 5.75 Å². The van der Waals surface area contributed by atoms with E-state index in [0.29, 0.717) is 36.8 Å². The van der Waals surface area contributed by atoms with Gasteiger partial charge in [0.2, 0.25) is 15.9 Å². The number of hydrogen-bond donors (Lipinski definition) is 0. The fourth-order valence-corrected chi connectivity index (χ4v) is 6.07. The number of piperidine rings is 1. The minimum atomic E-state index is -3.61. The molecule has 1 fully saturated rings. The predicted octanol–water partition coefficient (Wildman–Crippen LogP) is 4.23. The van der Waals surface area contributed by atoms with Gasteiger partial charge in [-0.25, -0.2) is 13.4 Å². The van der Waals surface area contributed by atoms with Crippen molar-refractivity contribution < 1.29 is 17.9 Å². The van der Waals surface area contributed by atoms with Crippen molar-refractivity contribution in [2.24, 2.45) is 5.92 Å². The molecule has 32 heavy (non-hydrogen) atoms. The first-order chi connectivity index (χ1) is 15.4. The summed E-state index contributed by atoms with van der Waals surface area (Å²) in [4.78, 5) is 19.9. The highest BCUT2D eigenvalue weighted by molar-refractivity contribution is 7.89. The van der Waals surface area contributed by atoms with E-state index in [9.17, 15) is 13.2 Å². The van der Waals surface area contributed by atoms with Crippen LogP contribution in [0.5, 0.6) is 5.75 Å². The molecule has 0 bridgehead atoms. The third-order valence-electron chi connectivity index (χ3n) is 5.53. The van der Waals surface area contributed by atoms with Gasteiger partial charge >= 0.3 is 0 Å². The first kappa shape index (κ1) is 22.4. The predicted molar refractivity (Wildman–Crippen MR) is 125 cm³/mol. The number of aromatic nitrogens is 1. The number of amides is 1. The zero-order valence-electron chi connectivity index (χ0n) is 18.0. The molecule has 7 nitrogen and oxygen atoms in total. The van der Waals surface area contributed by atoms with Gasteiger partial charge < -0.3 is 4.74 Å². The molecule has 0 radical (unpaired) electrons. The summed E-state index contributed by atoms with van der Waals surface area (Å²) in [5, 5.41) is 2.55. The van der Waals surface area contributed by atoms with Crippen LogP contribution in [0.2, 0.25) is 0 Å². The monoisotopic (exact) mass is 471 g/mol. The average Bonchev–Trinajstić information content (AvgIpc) is 3.25. The summed E-state index contributed by atoms with van der Waals surface area (Å²) in [6, 6.07) is 15.8. The summed E-state index contributed by atoms with van der Waals surface area (Å²) in [5.74, 6) is 0.278. The van der Waals surface area contributed by atoms with Gasteiger partial charge in [-0.15, -0.1) is 11.3 Å². The number of methoxy groups -OCH3 is 1. The molecule has 0 spiro atoms. The van der Waals surface area contributed by atoms with Crippen molar-refractivity contribution >= 4 is 38.1 Å². The maximum absolute atomic E-state index is 13.5. The summed E-state index contributed by atoms with van der Waals surface area (Å²) in [5.41, 5.74) is 1.62. The van der Waals surface area contributed by atoms with Gasteiger partial charge in [-0.1, -0.05) is 18.2 Å². The molecular weight excluding hydrogens is 446 g/mol. The number of carbonyl (C=O) groups excluding carboxylic acids is 1. The van der Waals surface area contributed by atoms with Crippen molar-refractivity contribution in [3.05, 3.63) is 65.7 Å². The van der Waals surface area contributed by atoms with E-state index in [-0.39, 0.29) is 16.7 Å². The Kier molecular flexibility index (Phi) is 6.59. The lowest BCUT2D eigenvalue weighted by atomic mass is 9.96. The van der Waals surface area contributed by atoms with Crippen molar-refractivity contribution in [3.63, 3.8) is 0 Å². The van der Waals surface area contributed by atoms with Crippen LogP contribution in [-0.4, -0.2) is 43.8 Å². The molecule has 2 heterocycles. The van der Waals surface area contributed by atoms with Crippen LogP contribution in [-0.2, 0) is 14.8 Å². The number of para-hydroxylation sites is 1. The molecule has 0 unspecified atom stereocenters. The minimum absolute atomic E-state index is 0.0490. The standard InChI is InChI=1S/C23H25N3O4S2/c1-17-16-31-23(24-17)26(19-6-4-3-5-7-19)22(27)18-12-14-25(15-13-18)32(28,29)21-10-8-20(30-2)9-11-21/h3-11,16,18H,12-15H2,1-2H3. The fourth-order valence-electron chi connectivity index (χ4n) is 3.78. The zero-order chi connectivity index (χ0) is 22.7. The Morgan fingerprint density at radius 3 is 2.31 bits per heavy atom. The molecule has 168 valence electrons. The molecule has 4 rings (SSSR count). The van der Waals surface area contributed by atoms with Crippen molar-refractivity contribution in [3.8, 4) is 5.75 Å². The lowest BCUT2D eigenvalue weighted by Gasteiger charge is -2.33. The maximum atomic E-state index is 13.5. The molecule has 3 aromatic rings. The van der Waals surface area contributed by atoms with Crippen LogP contribution < -0.4 is 9.64 Å². The van der Waals surface area contributed by atoms with Gasteiger partial charge in [0.25, 0.3) is 0 Å². The third kappa shape index (κ3) is 4.55. The first-order valence-corrected chi connectivity index (χ1v) is 12.7. The second-order valence-electron chi connectivity index (χ2n) is 7.63. The van der Waals surface area contributed by atoms with Crippen LogP contribution in [0, 0.1) is 12.8 Å². The Morgan fingerprint density at radius 2 is 1.75 bits per heavy atom. The van der Waals surface area contributed by atoms with Crippen LogP contribution in [0.4, 0.5) is 10.8 Å². The van der Waals surface area contributed by atoms with Gasteiger partial charge in [-0.2, -0.15) is 4.31 Å². The van der Waals surface area contributed by atoms with E-state index < -0.39 is 10.0 Å². The van der Waals surface area contributed by atoms with Crippen LogP contribution in [0.3, 0.4) is 0 Å². The Labute approximate surface area is 192 Å². The average molecular weight is 472 g/mol. The molecule has 1 amide bonds. The smallest absolute Gasteiger partial charge is 0.243 e. The quantitative estimate of drug-likeness (QED) is 0.538. The normalized spacial score (nSPS) is 15.4. The Balaban J connectivity index is 1.50. The van der Waals surface area contributed by atoms with E-state index >= 15 is 0 Å². The SMILES string of the molecule is COc1ccc(S(=O)(=O)N2CCC(C(=O)N(c3ccccc3)c3nc(C)cs3)CC2)cc1. The van der Waals surface area contributed by atoms with Gasteiger partial charge in [0.15, 0.2) is 5.13 Å². The number of aryl methyl sites for hydroxylation is 1. The molecule has 0 N–H and O–H groups in total. The molecule has 1 aliphatic heterocycles. The number of sulfonamides is 1. The van der Waals surface area contributed by atoms with Gasteiger partial charge in [-0.05, 0) is 56.2 Å². The van der Waals surface area contributed by atoms with Gasteiger partial charge in [0, 0.05) is 24.4 Å². The van der Waals surface area contributed by atoms with Gasteiger partial charge in [-0.3, -0.25) is 9.69 Å². The Morgan fingerprint density at radius 1 is 1.09 bits per heavy atom. The molecule has 0 saturated carbocycles. The molecule has 1 aromatic heterocycles. The van der Waals surface area contributed by atoms with Crippen LogP contribution >= 0.6 is 11.3 Å². The Bertz CT molecular complexity index is 1170. The summed E-state index contributed by atoms with van der Waals surface area (Å²) >= 11 is 1.43. The van der Waals surface area contributed by atoms with Crippen LogP contribution in [0.15, 0.2) is 64.9 Å². The molecule has 0 atom stereocenters. The van der Waals surface area contributed by atoms with E-state index in [4.69, 9.17) is 4.74 Å². The number of anilines is 2. The highest BCUT2D eigenvalue weighted by Gasteiger charge is 2.35. The summed E-state index contributed by atoms with van der Waals surface area (Å²) < 4.78 is 32.6. The highest BCUT2D eigenvalue weighted by atomic mass is 32.2. The third-order valence-corrected chi connectivity index (χ3v) is 8.39. The van der Waals surface area contributed by atoms with Crippen molar-refractivity contribution in [1.29, 1.82) is 0 Å². The van der Waals surface area contributed by atoms with Crippen LogP contribution in [0.1, 0.15) is 18.5 Å². The van der Waals surface area contributed by atoms with E-state index in [1.165, 1.54) is 22.8 Å². The minimum Gasteiger partial charge on any atom is -0.497 e. The van der Waals surface area contributed by atoms with Crippen molar-refractivity contribution in [2.75, 3.05) is 25.1 Å². The van der Waals surface area contributed by atoms with E-state index in [1.807, 2.05) is 42.6 Å². The maximum Gasteiger partial charge on any atom is 0.243 e. The fraction of sp³-hybridized carbons (Fsp3) is 0.304. The number of ether oxygens (including phenoxy) is 1. The lowest BCUT2D eigenvalue weighted by Crippen LogP contribution is -2.43. The van der Waals surface area contributed by atoms with E-state index in [1.54, 1.807) is 29.2 Å². The highest BCUT2D eigenvalue weighted by Crippen LogP contribution is 2.33. The number of benzene rings is 2. The molecule has 0 aliphatic carbocycles. The number of carbonyl (C=O) groups is 1. The molecule has 1 aliphatic rings. The number of rotatable bonds is 6.